The van der Waals surface area contributed by atoms with Gasteiger partial charge in [-0.1, -0.05) is 0 Å². The second-order valence-corrected chi connectivity index (χ2v) is 6.49. The molecule has 0 amide bonds. The Kier molecular flexibility index (Phi) is 3.98. The van der Waals surface area contributed by atoms with Crippen molar-refractivity contribution in [2.24, 2.45) is 0 Å². The summed E-state index contributed by atoms with van der Waals surface area (Å²) < 4.78 is 62.4. The van der Waals surface area contributed by atoms with E-state index in [9.17, 15) is 21.6 Å². The predicted octanol–water partition coefficient (Wildman–Crippen LogP) is 2.64. The zero-order valence-corrected chi connectivity index (χ0v) is 12.1. The molecule has 0 spiro atoms. The van der Waals surface area contributed by atoms with Gasteiger partial charge in [-0.05, 0) is 25.1 Å². The minimum atomic E-state index is -4.56. The molecule has 1 aromatic heterocycles. The average Bonchev–Trinajstić information content (AvgIpc) is 2.96. The first kappa shape index (κ1) is 16.0. The molecule has 2 aromatic rings. The summed E-state index contributed by atoms with van der Waals surface area (Å²) in [5.74, 6) is -0.207. The summed E-state index contributed by atoms with van der Waals surface area (Å²) in [6.45, 7) is 1.42. The number of hydrogen-bond donors (Lipinski definition) is 0. The number of nitriles is 1. The van der Waals surface area contributed by atoms with E-state index in [4.69, 9.17) is 5.26 Å². The maximum Gasteiger partial charge on any atom is 0.416 e. The second-order valence-electron chi connectivity index (χ2n) is 4.37. The smallest absolute Gasteiger partial charge is 0.205 e. The second kappa shape index (κ2) is 5.46. The van der Waals surface area contributed by atoms with E-state index in [0.717, 1.165) is 30.6 Å². The van der Waals surface area contributed by atoms with Crippen LogP contribution in [0.4, 0.5) is 13.2 Å². The van der Waals surface area contributed by atoms with Crippen LogP contribution in [-0.4, -0.2) is 23.4 Å². The quantitative estimate of drug-likeness (QED) is 0.867. The third kappa shape index (κ3) is 2.96. The van der Waals surface area contributed by atoms with E-state index in [1.807, 2.05) is 0 Å². The van der Waals surface area contributed by atoms with Crippen LogP contribution >= 0.6 is 0 Å². The van der Waals surface area contributed by atoms with Gasteiger partial charge in [-0.25, -0.2) is 8.42 Å². The highest BCUT2D eigenvalue weighted by atomic mass is 32.2. The molecule has 2 rings (SSSR count). The van der Waals surface area contributed by atoms with E-state index in [-0.39, 0.29) is 22.4 Å². The van der Waals surface area contributed by atoms with Crippen molar-refractivity contribution in [3.8, 4) is 17.2 Å². The Morgan fingerprint density at radius 1 is 1.36 bits per heavy atom. The van der Waals surface area contributed by atoms with Gasteiger partial charge in [0.25, 0.3) is 10.0 Å². The third-order valence-electron chi connectivity index (χ3n) is 2.99. The van der Waals surface area contributed by atoms with Crippen molar-refractivity contribution < 1.29 is 21.6 Å². The molecule has 1 aromatic carbocycles. The van der Waals surface area contributed by atoms with Gasteiger partial charge in [0, 0.05) is 11.1 Å². The van der Waals surface area contributed by atoms with Gasteiger partial charge in [-0.15, -0.1) is 0 Å². The Morgan fingerprint density at radius 3 is 2.59 bits per heavy atom. The van der Waals surface area contributed by atoms with Gasteiger partial charge >= 0.3 is 6.18 Å². The van der Waals surface area contributed by atoms with Gasteiger partial charge in [0.05, 0.1) is 35.3 Å². The molecule has 0 N–H and O–H groups in total. The number of aromatic nitrogens is 2. The minimum Gasteiger partial charge on any atom is -0.205 e. The van der Waals surface area contributed by atoms with E-state index in [2.05, 4.69) is 5.10 Å². The monoisotopic (exact) mass is 329 g/mol. The summed E-state index contributed by atoms with van der Waals surface area (Å²) in [4.78, 5) is 0. The van der Waals surface area contributed by atoms with Crippen LogP contribution in [0.1, 0.15) is 18.1 Å². The Hall–Kier alpha value is -2.34. The molecule has 5 nitrogen and oxygen atoms in total. The summed E-state index contributed by atoms with van der Waals surface area (Å²) in [5, 5.41) is 12.6. The normalized spacial score (nSPS) is 12.1. The molecule has 116 valence electrons. The standard InChI is InChI=1S/C13H10F3N3O2S/c1-2-22(20,21)19-8-10(7-18-19)12-5-11(13(14,15)16)4-3-9(12)6-17/h3-5,7-8H,2H2,1H3. The number of benzene rings is 1. The lowest BCUT2D eigenvalue weighted by Gasteiger charge is -2.09. The number of rotatable bonds is 3. The van der Waals surface area contributed by atoms with Crippen molar-refractivity contribution in [2.45, 2.75) is 13.1 Å². The lowest BCUT2D eigenvalue weighted by Crippen LogP contribution is -2.14. The van der Waals surface area contributed by atoms with Crippen molar-refractivity contribution in [1.29, 1.82) is 5.26 Å². The minimum absolute atomic E-state index is 0.00134. The first-order valence-electron chi connectivity index (χ1n) is 6.08. The summed E-state index contributed by atoms with van der Waals surface area (Å²) >= 11 is 0. The zero-order valence-electron chi connectivity index (χ0n) is 11.3. The van der Waals surface area contributed by atoms with Crippen molar-refractivity contribution in [2.75, 3.05) is 5.75 Å². The van der Waals surface area contributed by atoms with E-state index in [0.29, 0.717) is 4.09 Å². The van der Waals surface area contributed by atoms with Crippen molar-refractivity contribution in [3.63, 3.8) is 0 Å². The summed E-state index contributed by atoms with van der Waals surface area (Å²) in [7, 11) is -3.64. The summed E-state index contributed by atoms with van der Waals surface area (Å²) in [5.41, 5.74) is -0.816. The van der Waals surface area contributed by atoms with Crippen LogP contribution < -0.4 is 0 Å². The Labute approximate surface area is 124 Å². The number of halogens is 3. The van der Waals surface area contributed by atoms with Crippen LogP contribution in [0.3, 0.4) is 0 Å². The van der Waals surface area contributed by atoms with E-state index >= 15 is 0 Å². The fourth-order valence-electron chi connectivity index (χ4n) is 1.79. The number of hydrogen-bond acceptors (Lipinski definition) is 4. The molecule has 0 aliphatic rings. The van der Waals surface area contributed by atoms with Gasteiger partial charge in [0.1, 0.15) is 0 Å². The Bertz CT molecular complexity index is 848. The molecule has 0 radical (unpaired) electrons. The molecule has 0 aliphatic heterocycles. The predicted molar refractivity (Wildman–Crippen MR) is 72.2 cm³/mol. The largest absolute Gasteiger partial charge is 0.416 e. The lowest BCUT2D eigenvalue weighted by molar-refractivity contribution is -0.137. The molecule has 0 saturated heterocycles. The van der Waals surface area contributed by atoms with Crippen LogP contribution in [-0.2, 0) is 16.2 Å². The van der Waals surface area contributed by atoms with Gasteiger partial charge in [0.15, 0.2) is 0 Å². The molecule has 0 saturated carbocycles. The van der Waals surface area contributed by atoms with Gasteiger partial charge in [-0.3, -0.25) is 0 Å². The topological polar surface area (TPSA) is 75.8 Å². The van der Waals surface area contributed by atoms with Gasteiger partial charge in [-0.2, -0.15) is 27.6 Å². The molecule has 0 fully saturated rings. The summed E-state index contributed by atoms with van der Waals surface area (Å²) in [6, 6.07) is 4.43. The van der Waals surface area contributed by atoms with Crippen molar-refractivity contribution in [3.05, 3.63) is 41.7 Å². The lowest BCUT2D eigenvalue weighted by atomic mass is 10.00. The van der Waals surface area contributed by atoms with Crippen molar-refractivity contribution in [1.82, 2.24) is 9.19 Å². The molecule has 1 heterocycles. The fraction of sp³-hybridized carbons (Fsp3) is 0.231. The van der Waals surface area contributed by atoms with E-state index in [1.54, 1.807) is 6.07 Å². The van der Waals surface area contributed by atoms with E-state index < -0.39 is 21.8 Å². The van der Waals surface area contributed by atoms with Crippen LogP contribution in [0.25, 0.3) is 11.1 Å². The first-order chi connectivity index (χ1) is 10.2. The first-order valence-corrected chi connectivity index (χ1v) is 7.69. The molecular formula is C13H10F3N3O2S. The molecule has 0 unspecified atom stereocenters. The molecule has 0 bridgehead atoms. The van der Waals surface area contributed by atoms with Crippen LogP contribution in [0.5, 0.6) is 0 Å². The zero-order chi connectivity index (χ0) is 16.5. The van der Waals surface area contributed by atoms with Gasteiger partial charge < -0.3 is 0 Å². The Morgan fingerprint density at radius 2 is 2.05 bits per heavy atom. The number of nitrogens with zero attached hydrogens (tertiary/aromatic N) is 3. The highest BCUT2D eigenvalue weighted by Crippen LogP contribution is 2.33. The maximum absolute atomic E-state index is 12.8. The summed E-state index contributed by atoms with van der Waals surface area (Å²) in [6.07, 6.45) is -2.35. The average molecular weight is 329 g/mol. The molecular weight excluding hydrogens is 319 g/mol. The van der Waals surface area contributed by atoms with Gasteiger partial charge in [0.2, 0.25) is 0 Å². The highest BCUT2D eigenvalue weighted by molar-refractivity contribution is 7.89. The van der Waals surface area contributed by atoms with Crippen LogP contribution in [0.15, 0.2) is 30.6 Å². The van der Waals surface area contributed by atoms with Crippen LogP contribution in [0, 0.1) is 11.3 Å². The molecule has 22 heavy (non-hydrogen) atoms. The molecule has 9 heteroatoms. The highest BCUT2D eigenvalue weighted by Gasteiger charge is 2.31. The van der Waals surface area contributed by atoms with E-state index in [1.165, 1.54) is 6.92 Å². The SMILES string of the molecule is CCS(=O)(=O)n1cc(-c2cc(C(F)(F)F)ccc2C#N)cn1. The van der Waals surface area contributed by atoms with Crippen molar-refractivity contribution >= 4 is 10.0 Å². The fourth-order valence-corrected chi connectivity index (χ4v) is 2.51. The number of alkyl halides is 3. The molecule has 0 aliphatic carbocycles. The van der Waals surface area contributed by atoms with Crippen LogP contribution in [0.2, 0.25) is 0 Å². The Balaban J connectivity index is 2.60. The maximum atomic E-state index is 12.8. The third-order valence-corrected chi connectivity index (χ3v) is 4.49. The molecule has 0 atom stereocenters.